The minimum atomic E-state index is -0.767. The standard InChI is InChI=1S/C14H14FN3O4.C12H20OS.W/c15-12-7(5-16-22)1-2-8-6-18(14(21)11(8)12)9-3-4-10(19)17-13(9)20;1-9-5-6-12(3,4)7-11(9)14-10(2)8-13;/h1-2,9,16,22H,3-6H2,(H,17,19,20);13H,2,5-8H2,1,3-4H3;. The van der Waals surface area contributed by atoms with Gasteiger partial charge in [0, 0.05) is 51.0 Å². The number of thioether (sulfide) groups is 1. The zero-order chi connectivity index (χ0) is 26.6. The van der Waals surface area contributed by atoms with E-state index in [4.69, 9.17) is 10.3 Å². The van der Waals surface area contributed by atoms with Crippen molar-refractivity contribution in [3.63, 3.8) is 0 Å². The number of hydrogen-bond donors (Lipinski definition) is 4. The maximum absolute atomic E-state index is 14.4. The summed E-state index contributed by atoms with van der Waals surface area (Å²) in [6, 6.07) is 2.32. The van der Waals surface area contributed by atoms with E-state index < -0.39 is 23.7 Å². The van der Waals surface area contributed by atoms with Crippen molar-refractivity contribution in [2.45, 2.75) is 72.0 Å². The first kappa shape index (κ1) is 31.4. The fourth-order valence-corrected chi connectivity index (χ4v) is 5.70. The van der Waals surface area contributed by atoms with Crippen LogP contribution in [0, 0.1) is 11.2 Å². The maximum atomic E-state index is 14.4. The van der Waals surface area contributed by atoms with E-state index in [1.54, 1.807) is 17.8 Å². The molecule has 1 atom stereocenters. The molecule has 3 aliphatic rings. The van der Waals surface area contributed by atoms with Crippen LogP contribution in [0.15, 0.2) is 34.1 Å². The average molecular weight is 703 g/mol. The molecule has 0 aromatic heterocycles. The second kappa shape index (κ2) is 13.3. The van der Waals surface area contributed by atoms with Crippen LogP contribution in [-0.2, 0) is 43.7 Å². The summed E-state index contributed by atoms with van der Waals surface area (Å²) in [5, 5.41) is 19.8. The van der Waals surface area contributed by atoms with E-state index in [9.17, 15) is 18.8 Å². The van der Waals surface area contributed by atoms with Gasteiger partial charge in [0.25, 0.3) is 5.91 Å². The second-order valence-corrected chi connectivity index (χ2v) is 11.4. The van der Waals surface area contributed by atoms with E-state index in [2.05, 4.69) is 32.7 Å². The van der Waals surface area contributed by atoms with Crippen LogP contribution in [0.2, 0.25) is 0 Å². The minimum Gasteiger partial charge on any atom is -0.391 e. The fraction of sp³-hybridized carbons (Fsp3) is 0.500. The molecule has 0 spiro atoms. The van der Waals surface area contributed by atoms with Crippen molar-refractivity contribution in [3.05, 3.63) is 56.6 Å². The molecule has 202 valence electrons. The molecule has 11 heteroatoms. The summed E-state index contributed by atoms with van der Waals surface area (Å²) >= 11 is 1.67. The van der Waals surface area contributed by atoms with E-state index in [1.807, 2.05) is 5.48 Å². The van der Waals surface area contributed by atoms with Crippen LogP contribution in [0.4, 0.5) is 4.39 Å². The average Bonchev–Trinajstić information content (AvgIpc) is 3.15. The van der Waals surface area contributed by atoms with Crippen LogP contribution in [0.5, 0.6) is 0 Å². The van der Waals surface area contributed by atoms with Crippen molar-refractivity contribution in [2.75, 3.05) is 6.61 Å². The number of nitrogens with one attached hydrogen (secondary N) is 2. The number of fused-ring (bicyclic) bond motifs is 1. The Balaban J connectivity index is 0.000000280. The van der Waals surface area contributed by atoms with Crippen molar-refractivity contribution >= 4 is 29.5 Å². The second-order valence-electron chi connectivity index (χ2n) is 10.2. The third-order valence-electron chi connectivity index (χ3n) is 6.72. The molecule has 2 heterocycles. The Hall–Kier alpha value is -1.84. The predicted molar refractivity (Wildman–Crippen MR) is 135 cm³/mol. The number of halogens is 1. The monoisotopic (exact) mass is 703 g/mol. The number of piperidine rings is 1. The topological polar surface area (TPSA) is 119 Å². The molecule has 1 aromatic rings. The first-order valence-corrected chi connectivity index (χ1v) is 12.8. The van der Waals surface area contributed by atoms with Crippen LogP contribution in [-0.4, -0.2) is 45.6 Å². The largest absolute Gasteiger partial charge is 0.391 e. The number of carbonyl (C=O) groups excluding carboxylic acids is 3. The third-order valence-corrected chi connectivity index (χ3v) is 7.87. The van der Waals surface area contributed by atoms with Crippen LogP contribution in [0.25, 0.3) is 0 Å². The molecule has 0 bridgehead atoms. The fourth-order valence-electron chi connectivity index (χ4n) is 4.54. The molecule has 4 N–H and O–H groups in total. The maximum Gasteiger partial charge on any atom is 0.258 e. The molecular weight excluding hydrogens is 669 g/mol. The van der Waals surface area contributed by atoms with Crippen molar-refractivity contribution in [1.29, 1.82) is 0 Å². The Bertz CT molecular complexity index is 1110. The van der Waals surface area contributed by atoms with Gasteiger partial charge in [-0.1, -0.05) is 49.9 Å². The quantitative estimate of drug-likeness (QED) is 0.263. The van der Waals surface area contributed by atoms with Gasteiger partial charge in [-0.15, -0.1) is 0 Å². The summed E-state index contributed by atoms with van der Waals surface area (Å²) in [5.74, 6) is -2.16. The van der Waals surface area contributed by atoms with Crippen LogP contribution >= 0.6 is 11.8 Å². The molecule has 1 aliphatic carbocycles. The summed E-state index contributed by atoms with van der Waals surface area (Å²) in [7, 11) is 0. The summed E-state index contributed by atoms with van der Waals surface area (Å²) in [6.07, 6.45) is 3.97. The molecule has 1 saturated heterocycles. The van der Waals surface area contributed by atoms with Crippen molar-refractivity contribution in [1.82, 2.24) is 15.7 Å². The Kier molecular flexibility index (Phi) is 11.3. The first-order valence-electron chi connectivity index (χ1n) is 11.9. The Morgan fingerprint density at radius 3 is 2.62 bits per heavy atom. The Labute approximate surface area is 235 Å². The van der Waals surface area contributed by atoms with Crippen molar-refractivity contribution in [3.8, 4) is 0 Å². The van der Waals surface area contributed by atoms with Crippen LogP contribution in [0.3, 0.4) is 0 Å². The molecule has 0 radical (unpaired) electrons. The van der Waals surface area contributed by atoms with Gasteiger partial charge in [0.2, 0.25) is 11.8 Å². The van der Waals surface area contributed by atoms with Gasteiger partial charge in [-0.2, -0.15) is 0 Å². The minimum absolute atomic E-state index is 0. The number of aliphatic hydroxyl groups excluding tert-OH is 1. The smallest absolute Gasteiger partial charge is 0.258 e. The van der Waals surface area contributed by atoms with Crippen molar-refractivity contribution < 1.29 is 50.2 Å². The number of hydrogen-bond acceptors (Lipinski definition) is 7. The molecule has 1 aromatic carbocycles. The van der Waals surface area contributed by atoms with Gasteiger partial charge in [-0.25, -0.2) is 9.87 Å². The van der Waals surface area contributed by atoms with Gasteiger partial charge in [-0.05, 0) is 48.5 Å². The first-order chi connectivity index (χ1) is 17.0. The van der Waals surface area contributed by atoms with Gasteiger partial charge < -0.3 is 15.2 Å². The summed E-state index contributed by atoms with van der Waals surface area (Å²) in [6.45, 7) is 10.7. The molecular formula is C26H34FN3O5SW. The van der Waals surface area contributed by atoms with Gasteiger partial charge >= 0.3 is 0 Å². The SMILES string of the molecule is C=C(CO)SC1=C(C)CCC(C)(C)C1.O=C1CCC(N2Cc3ccc(CNO)c(F)c3C2=O)C(=O)N1.[W]. The molecule has 1 unspecified atom stereocenters. The molecule has 4 rings (SSSR count). The number of rotatable bonds is 6. The van der Waals surface area contributed by atoms with E-state index in [1.165, 1.54) is 34.3 Å². The molecule has 3 amide bonds. The number of benzene rings is 1. The number of amides is 3. The Morgan fingerprint density at radius 2 is 2.00 bits per heavy atom. The van der Waals surface area contributed by atoms with E-state index in [0.29, 0.717) is 11.0 Å². The Morgan fingerprint density at radius 1 is 1.30 bits per heavy atom. The number of allylic oxidation sites excluding steroid dienone is 2. The number of imide groups is 1. The van der Waals surface area contributed by atoms with E-state index >= 15 is 0 Å². The number of nitrogens with zero attached hydrogens (tertiary/aromatic N) is 1. The van der Waals surface area contributed by atoms with E-state index in [0.717, 1.165) is 11.3 Å². The predicted octanol–water partition coefficient (Wildman–Crippen LogP) is 3.77. The zero-order valence-corrected chi connectivity index (χ0v) is 25.1. The van der Waals surface area contributed by atoms with Crippen molar-refractivity contribution in [2.24, 2.45) is 5.41 Å². The van der Waals surface area contributed by atoms with E-state index in [-0.39, 0.29) is 70.6 Å². The normalized spacial score (nSPS) is 20.5. The van der Waals surface area contributed by atoms with Gasteiger partial charge in [0.1, 0.15) is 11.9 Å². The third kappa shape index (κ3) is 7.60. The molecule has 37 heavy (non-hydrogen) atoms. The van der Waals surface area contributed by atoms with Gasteiger partial charge in [-0.3, -0.25) is 19.7 Å². The van der Waals surface area contributed by atoms with Gasteiger partial charge in [0.05, 0.1) is 12.2 Å². The molecule has 1 fully saturated rings. The number of aliphatic hydroxyl groups is 1. The number of carbonyl (C=O) groups is 3. The van der Waals surface area contributed by atoms with Gasteiger partial charge in [0.15, 0.2) is 0 Å². The summed E-state index contributed by atoms with van der Waals surface area (Å²) in [5.41, 5.74) is 4.33. The molecule has 8 nitrogen and oxygen atoms in total. The van der Waals surface area contributed by atoms with Crippen LogP contribution < -0.4 is 10.8 Å². The molecule has 2 aliphatic heterocycles. The summed E-state index contributed by atoms with van der Waals surface area (Å²) in [4.78, 5) is 39.1. The number of hydroxylamine groups is 1. The molecule has 0 saturated carbocycles. The summed E-state index contributed by atoms with van der Waals surface area (Å²) < 4.78 is 14.4. The van der Waals surface area contributed by atoms with Crippen LogP contribution in [0.1, 0.15) is 74.4 Å². The zero-order valence-electron chi connectivity index (χ0n) is 21.4.